The van der Waals surface area contributed by atoms with Gasteiger partial charge in [0.05, 0.1) is 5.02 Å². The molecule has 1 heterocycles. The zero-order valence-corrected chi connectivity index (χ0v) is 9.11. The lowest BCUT2D eigenvalue weighted by Crippen LogP contribution is -2.10. The van der Waals surface area contributed by atoms with Crippen molar-refractivity contribution in [3.05, 3.63) is 29.0 Å². The van der Waals surface area contributed by atoms with Gasteiger partial charge in [-0.05, 0) is 18.1 Å². The molecule has 1 aromatic rings. The molecule has 1 rings (SSSR count). The Kier molecular flexibility index (Phi) is 6.04. The van der Waals surface area contributed by atoms with E-state index in [-0.39, 0.29) is 18.4 Å². The molecule has 2 N–H and O–H groups in total. The first-order valence-electron chi connectivity index (χ1n) is 4.10. The van der Waals surface area contributed by atoms with Crippen LogP contribution in [0.4, 0.5) is 0 Å². The van der Waals surface area contributed by atoms with Gasteiger partial charge in [0.15, 0.2) is 0 Å². The Hall–Kier alpha value is -0.310. The number of nitrogens with zero attached hydrogens (tertiary/aromatic N) is 1. The van der Waals surface area contributed by atoms with Crippen molar-refractivity contribution < 1.29 is 0 Å². The molecule has 0 fully saturated rings. The third-order valence-corrected chi connectivity index (χ3v) is 2.12. The van der Waals surface area contributed by atoms with Gasteiger partial charge in [0.2, 0.25) is 0 Å². The third kappa shape index (κ3) is 3.51. The van der Waals surface area contributed by atoms with Gasteiger partial charge in [-0.25, -0.2) is 0 Å². The standard InChI is InChI=1S/C9H13ClN2.ClH/c1-2-3-9(11)7-4-5-12-6-8(7)10;/h4-6,9H,2-3,11H2,1H3;1H/t9-;/m0./s1. The van der Waals surface area contributed by atoms with Crippen molar-refractivity contribution in [1.82, 2.24) is 4.98 Å². The van der Waals surface area contributed by atoms with Crippen molar-refractivity contribution in [2.45, 2.75) is 25.8 Å². The summed E-state index contributed by atoms with van der Waals surface area (Å²) in [7, 11) is 0. The van der Waals surface area contributed by atoms with Crippen LogP contribution in [0.1, 0.15) is 31.4 Å². The molecular formula is C9H14Cl2N2. The highest BCUT2D eigenvalue weighted by Crippen LogP contribution is 2.22. The molecule has 2 nitrogen and oxygen atoms in total. The highest BCUT2D eigenvalue weighted by Gasteiger charge is 2.07. The van der Waals surface area contributed by atoms with Crippen LogP contribution in [-0.4, -0.2) is 4.98 Å². The second-order valence-electron chi connectivity index (χ2n) is 2.79. The van der Waals surface area contributed by atoms with Gasteiger partial charge in [-0.2, -0.15) is 0 Å². The van der Waals surface area contributed by atoms with Gasteiger partial charge in [-0.1, -0.05) is 24.9 Å². The average molecular weight is 221 g/mol. The lowest BCUT2D eigenvalue weighted by Gasteiger charge is -2.11. The molecule has 1 aromatic heterocycles. The average Bonchev–Trinajstić information content (AvgIpc) is 2.05. The van der Waals surface area contributed by atoms with Crippen LogP contribution in [0.15, 0.2) is 18.5 Å². The smallest absolute Gasteiger partial charge is 0.0637 e. The normalized spacial score (nSPS) is 11.9. The maximum atomic E-state index is 5.91. The molecule has 0 unspecified atom stereocenters. The van der Waals surface area contributed by atoms with E-state index < -0.39 is 0 Å². The van der Waals surface area contributed by atoms with E-state index in [1.807, 2.05) is 6.07 Å². The predicted octanol–water partition coefficient (Wildman–Crippen LogP) is 2.96. The second-order valence-corrected chi connectivity index (χ2v) is 3.20. The van der Waals surface area contributed by atoms with Gasteiger partial charge < -0.3 is 5.73 Å². The fraction of sp³-hybridized carbons (Fsp3) is 0.444. The molecule has 0 radical (unpaired) electrons. The Morgan fingerprint density at radius 2 is 2.31 bits per heavy atom. The number of halogens is 2. The van der Waals surface area contributed by atoms with Gasteiger partial charge in [-0.15, -0.1) is 12.4 Å². The minimum Gasteiger partial charge on any atom is -0.324 e. The van der Waals surface area contributed by atoms with Crippen LogP contribution in [0.3, 0.4) is 0 Å². The number of rotatable bonds is 3. The minimum atomic E-state index is 0. The molecule has 0 spiro atoms. The molecule has 0 saturated carbocycles. The summed E-state index contributed by atoms with van der Waals surface area (Å²) in [5.41, 5.74) is 6.89. The molecule has 74 valence electrons. The van der Waals surface area contributed by atoms with E-state index in [1.165, 1.54) is 0 Å². The largest absolute Gasteiger partial charge is 0.324 e. The van der Waals surface area contributed by atoms with Crippen molar-refractivity contribution in [3.8, 4) is 0 Å². The lowest BCUT2D eigenvalue weighted by molar-refractivity contribution is 0.638. The Morgan fingerprint density at radius 3 is 2.85 bits per heavy atom. The number of hydrogen-bond acceptors (Lipinski definition) is 2. The van der Waals surface area contributed by atoms with Gasteiger partial charge in [0.1, 0.15) is 0 Å². The van der Waals surface area contributed by atoms with Crippen LogP contribution in [0.25, 0.3) is 0 Å². The number of pyridine rings is 1. The molecule has 0 saturated heterocycles. The summed E-state index contributed by atoms with van der Waals surface area (Å²) in [4.78, 5) is 3.90. The first kappa shape index (κ1) is 12.7. The second kappa shape index (κ2) is 6.19. The zero-order valence-electron chi connectivity index (χ0n) is 7.53. The number of aromatic nitrogens is 1. The van der Waals surface area contributed by atoms with Crippen LogP contribution in [0.2, 0.25) is 5.02 Å². The van der Waals surface area contributed by atoms with E-state index in [2.05, 4.69) is 11.9 Å². The summed E-state index contributed by atoms with van der Waals surface area (Å²) in [6, 6.07) is 1.92. The zero-order chi connectivity index (χ0) is 8.97. The van der Waals surface area contributed by atoms with E-state index in [0.29, 0.717) is 5.02 Å². The van der Waals surface area contributed by atoms with E-state index in [1.54, 1.807) is 12.4 Å². The Balaban J connectivity index is 0.00000144. The Labute approximate surface area is 89.9 Å². The van der Waals surface area contributed by atoms with Crippen LogP contribution >= 0.6 is 24.0 Å². The fourth-order valence-corrected chi connectivity index (χ4v) is 1.41. The maximum absolute atomic E-state index is 5.91. The number of nitrogens with two attached hydrogens (primary N) is 1. The molecular weight excluding hydrogens is 207 g/mol. The molecule has 0 aliphatic rings. The molecule has 0 aliphatic carbocycles. The third-order valence-electron chi connectivity index (χ3n) is 1.80. The maximum Gasteiger partial charge on any atom is 0.0637 e. The first-order chi connectivity index (χ1) is 5.75. The topological polar surface area (TPSA) is 38.9 Å². The summed E-state index contributed by atoms with van der Waals surface area (Å²) in [5, 5.41) is 0.665. The number of hydrogen-bond donors (Lipinski definition) is 1. The molecule has 1 atom stereocenters. The monoisotopic (exact) mass is 220 g/mol. The van der Waals surface area contributed by atoms with Crippen molar-refractivity contribution in [1.29, 1.82) is 0 Å². The van der Waals surface area contributed by atoms with Crippen molar-refractivity contribution >= 4 is 24.0 Å². The Bertz CT molecular complexity index is 253. The minimum absolute atomic E-state index is 0. The molecule has 0 bridgehead atoms. The van der Waals surface area contributed by atoms with Crippen molar-refractivity contribution in [3.63, 3.8) is 0 Å². The fourth-order valence-electron chi connectivity index (χ4n) is 1.15. The SMILES string of the molecule is CCC[C@H](N)c1ccncc1Cl.Cl. The highest BCUT2D eigenvalue weighted by molar-refractivity contribution is 6.31. The van der Waals surface area contributed by atoms with Crippen LogP contribution < -0.4 is 5.73 Å². The van der Waals surface area contributed by atoms with E-state index in [4.69, 9.17) is 17.3 Å². The Morgan fingerprint density at radius 1 is 1.62 bits per heavy atom. The summed E-state index contributed by atoms with van der Waals surface area (Å²) >= 11 is 5.91. The van der Waals surface area contributed by atoms with Gasteiger partial charge in [-0.3, -0.25) is 4.98 Å². The van der Waals surface area contributed by atoms with Crippen LogP contribution in [0, 0.1) is 0 Å². The molecule has 0 amide bonds. The molecule has 13 heavy (non-hydrogen) atoms. The van der Waals surface area contributed by atoms with E-state index in [0.717, 1.165) is 18.4 Å². The van der Waals surface area contributed by atoms with Gasteiger partial charge in [0.25, 0.3) is 0 Å². The van der Waals surface area contributed by atoms with Gasteiger partial charge in [0, 0.05) is 18.4 Å². The van der Waals surface area contributed by atoms with Gasteiger partial charge >= 0.3 is 0 Å². The molecule has 0 aliphatic heterocycles. The van der Waals surface area contributed by atoms with Crippen LogP contribution in [0.5, 0.6) is 0 Å². The quantitative estimate of drug-likeness (QED) is 0.852. The molecule has 0 aromatic carbocycles. The summed E-state index contributed by atoms with van der Waals surface area (Å²) in [6.45, 7) is 2.11. The summed E-state index contributed by atoms with van der Waals surface area (Å²) in [5.74, 6) is 0. The summed E-state index contributed by atoms with van der Waals surface area (Å²) in [6.07, 6.45) is 5.38. The summed E-state index contributed by atoms with van der Waals surface area (Å²) < 4.78 is 0. The van der Waals surface area contributed by atoms with Crippen molar-refractivity contribution in [2.75, 3.05) is 0 Å². The lowest BCUT2D eigenvalue weighted by atomic mass is 10.1. The first-order valence-corrected chi connectivity index (χ1v) is 4.48. The predicted molar refractivity (Wildman–Crippen MR) is 58.3 cm³/mol. The van der Waals surface area contributed by atoms with E-state index >= 15 is 0 Å². The molecule has 4 heteroatoms. The van der Waals surface area contributed by atoms with Crippen LogP contribution in [-0.2, 0) is 0 Å². The van der Waals surface area contributed by atoms with E-state index in [9.17, 15) is 0 Å². The highest BCUT2D eigenvalue weighted by atomic mass is 35.5. The van der Waals surface area contributed by atoms with Crippen molar-refractivity contribution in [2.24, 2.45) is 5.73 Å².